The van der Waals surface area contributed by atoms with E-state index in [0.29, 0.717) is 10.5 Å². The number of hydrogen-bond acceptors (Lipinski definition) is 2. The summed E-state index contributed by atoms with van der Waals surface area (Å²) in [6.45, 7) is 0. The highest BCUT2D eigenvalue weighted by Crippen LogP contribution is 2.31. The van der Waals surface area contributed by atoms with E-state index in [9.17, 15) is 0 Å². The first kappa shape index (κ1) is 9.43. The molecule has 0 spiro atoms. The highest BCUT2D eigenvalue weighted by Gasteiger charge is 2.11. The maximum atomic E-state index is 6.04. The standard InChI is InChI=1S/C13H8ClNO/c14-11-8-4-7-10-12(11)15-16-13(10)9-5-2-1-3-6-9/h1-8H. The van der Waals surface area contributed by atoms with Crippen molar-refractivity contribution in [3.05, 3.63) is 53.6 Å². The van der Waals surface area contributed by atoms with Gasteiger partial charge < -0.3 is 4.52 Å². The summed E-state index contributed by atoms with van der Waals surface area (Å²) >= 11 is 6.04. The molecular weight excluding hydrogens is 222 g/mol. The van der Waals surface area contributed by atoms with Crippen molar-refractivity contribution in [1.29, 1.82) is 0 Å². The number of aromatic nitrogens is 1. The molecule has 0 radical (unpaired) electrons. The van der Waals surface area contributed by atoms with Crippen LogP contribution in [-0.4, -0.2) is 5.16 Å². The third-order valence-corrected chi connectivity index (χ3v) is 2.80. The zero-order valence-corrected chi connectivity index (χ0v) is 9.11. The second kappa shape index (κ2) is 3.65. The Morgan fingerprint density at radius 3 is 2.56 bits per heavy atom. The van der Waals surface area contributed by atoms with Crippen molar-refractivity contribution in [1.82, 2.24) is 5.16 Å². The van der Waals surface area contributed by atoms with Crippen LogP contribution in [0.2, 0.25) is 5.02 Å². The second-order valence-electron chi connectivity index (χ2n) is 3.51. The molecule has 2 nitrogen and oxygen atoms in total. The largest absolute Gasteiger partial charge is 0.355 e. The smallest absolute Gasteiger partial charge is 0.174 e. The molecular formula is C13H8ClNO. The molecule has 0 saturated heterocycles. The lowest BCUT2D eigenvalue weighted by atomic mass is 10.1. The van der Waals surface area contributed by atoms with E-state index >= 15 is 0 Å². The number of benzene rings is 2. The average Bonchev–Trinajstić information content (AvgIpc) is 2.75. The molecule has 1 heterocycles. The van der Waals surface area contributed by atoms with Crippen molar-refractivity contribution in [3.63, 3.8) is 0 Å². The first-order chi connectivity index (χ1) is 7.86. The van der Waals surface area contributed by atoms with Gasteiger partial charge in [-0.15, -0.1) is 0 Å². The average molecular weight is 230 g/mol. The van der Waals surface area contributed by atoms with Crippen molar-refractivity contribution < 1.29 is 4.52 Å². The predicted molar refractivity (Wildman–Crippen MR) is 64.5 cm³/mol. The molecule has 0 aliphatic rings. The third-order valence-electron chi connectivity index (χ3n) is 2.50. The van der Waals surface area contributed by atoms with Gasteiger partial charge in [0.25, 0.3) is 0 Å². The quantitative estimate of drug-likeness (QED) is 0.627. The summed E-state index contributed by atoms with van der Waals surface area (Å²) in [6.07, 6.45) is 0. The number of halogens is 1. The summed E-state index contributed by atoms with van der Waals surface area (Å²) in [6, 6.07) is 15.5. The Kier molecular flexibility index (Phi) is 2.15. The van der Waals surface area contributed by atoms with Crippen LogP contribution < -0.4 is 0 Å². The normalized spacial score (nSPS) is 10.8. The molecule has 0 amide bonds. The predicted octanol–water partition coefficient (Wildman–Crippen LogP) is 4.15. The third kappa shape index (κ3) is 1.39. The number of rotatable bonds is 1. The van der Waals surface area contributed by atoms with Gasteiger partial charge in [0.2, 0.25) is 0 Å². The van der Waals surface area contributed by atoms with Crippen LogP contribution in [0.15, 0.2) is 53.1 Å². The van der Waals surface area contributed by atoms with E-state index in [1.165, 1.54) is 0 Å². The molecule has 0 unspecified atom stereocenters. The fourth-order valence-electron chi connectivity index (χ4n) is 1.73. The van der Waals surface area contributed by atoms with Crippen molar-refractivity contribution >= 4 is 22.5 Å². The molecule has 3 aromatic rings. The van der Waals surface area contributed by atoms with Gasteiger partial charge in [-0.2, -0.15) is 0 Å². The van der Waals surface area contributed by atoms with E-state index in [0.717, 1.165) is 16.7 Å². The topological polar surface area (TPSA) is 26.0 Å². The monoisotopic (exact) mass is 229 g/mol. The van der Waals surface area contributed by atoms with Gasteiger partial charge in [0, 0.05) is 5.56 Å². The van der Waals surface area contributed by atoms with Gasteiger partial charge in [0.1, 0.15) is 5.52 Å². The van der Waals surface area contributed by atoms with Crippen LogP contribution in [0.5, 0.6) is 0 Å². The van der Waals surface area contributed by atoms with Crippen LogP contribution in [0.1, 0.15) is 0 Å². The lowest BCUT2D eigenvalue weighted by Crippen LogP contribution is -1.74. The molecule has 1 aromatic heterocycles. The van der Waals surface area contributed by atoms with Gasteiger partial charge >= 0.3 is 0 Å². The number of nitrogens with zero attached hydrogens (tertiary/aromatic N) is 1. The fraction of sp³-hybridized carbons (Fsp3) is 0. The molecule has 0 fully saturated rings. The first-order valence-corrected chi connectivity index (χ1v) is 5.33. The van der Waals surface area contributed by atoms with Crippen molar-refractivity contribution in [2.75, 3.05) is 0 Å². The SMILES string of the molecule is Clc1cccc2c(-c3ccccc3)onc12. The van der Waals surface area contributed by atoms with Gasteiger partial charge in [-0.3, -0.25) is 0 Å². The summed E-state index contributed by atoms with van der Waals surface area (Å²) in [5.74, 6) is 0.762. The summed E-state index contributed by atoms with van der Waals surface area (Å²) < 4.78 is 5.35. The summed E-state index contributed by atoms with van der Waals surface area (Å²) in [4.78, 5) is 0. The second-order valence-corrected chi connectivity index (χ2v) is 3.92. The maximum Gasteiger partial charge on any atom is 0.174 e. The van der Waals surface area contributed by atoms with Crippen LogP contribution in [0.25, 0.3) is 22.2 Å². The van der Waals surface area contributed by atoms with Crippen molar-refractivity contribution in [2.45, 2.75) is 0 Å². The molecule has 0 atom stereocenters. The summed E-state index contributed by atoms with van der Waals surface area (Å²) in [5.41, 5.74) is 1.72. The van der Waals surface area contributed by atoms with E-state index in [-0.39, 0.29) is 0 Å². The lowest BCUT2D eigenvalue weighted by molar-refractivity contribution is 0.441. The van der Waals surface area contributed by atoms with Crippen molar-refractivity contribution in [2.24, 2.45) is 0 Å². The molecule has 0 N–H and O–H groups in total. The minimum absolute atomic E-state index is 0.614. The molecule has 0 bridgehead atoms. The molecule has 0 aliphatic carbocycles. The van der Waals surface area contributed by atoms with Gasteiger partial charge in [-0.05, 0) is 12.1 Å². The molecule has 3 rings (SSSR count). The molecule has 3 heteroatoms. The van der Waals surface area contributed by atoms with Crippen molar-refractivity contribution in [3.8, 4) is 11.3 Å². The first-order valence-electron chi connectivity index (χ1n) is 4.95. The summed E-state index contributed by atoms with van der Waals surface area (Å²) in [7, 11) is 0. The molecule has 78 valence electrons. The Bertz CT molecular complexity index is 631. The van der Waals surface area contributed by atoms with E-state index in [1.807, 2.05) is 42.5 Å². The van der Waals surface area contributed by atoms with Crippen LogP contribution in [0.4, 0.5) is 0 Å². The number of fused-ring (bicyclic) bond motifs is 1. The van der Waals surface area contributed by atoms with Crippen LogP contribution in [0.3, 0.4) is 0 Å². The highest BCUT2D eigenvalue weighted by molar-refractivity contribution is 6.35. The number of hydrogen-bond donors (Lipinski definition) is 0. The van der Waals surface area contributed by atoms with Crippen LogP contribution in [-0.2, 0) is 0 Å². The van der Waals surface area contributed by atoms with Gasteiger partial charge in [-0.25, -0.2) is 0 Å². The van der Waals surface area contributed by atoms with Gasteiger partial charge in [-0.1, -0.05) is 53.2 Å². The van der Waals surface area contributed by atoms with Crippen LogP contribution >= 0.6 is 11.6 Å². The Balaban J connectivity index is 2.30. The zero-order chi connectivity index (χ0) is 11.0. The minimum Gasteiger partial charge on any atom is -0.355 e. The molecule has 2 aromatic carbocycles. The Morgan fingerprint density at radius 2 is 1.75 bits per heavy atom. The fourth-order valence-corrected chi connectivity index (χ4v) is 1.94. The molecule has 0 aliphatic heterocycles. The van der Waals surface area contributed by atoms with E-state index in [1.54, 1.807) is 6.07 Å². The van der Waals surface area contributed by atoms with E-state index < -0.39 is 0 Å². The lowest BCUT2D eigenvalue weighted by Gasteiger charge is -1.95. The van der Waals surface area contributed by atoms with Crippen LogP contribution in [0, 0.1) is 0 Å². The maximum absolute atomic E-state index is 6.04. The Morgan fingerprint density at radius 1 is 0.938 bits per heavy atom. The minimum atomic E-state index is 0.614. The Hall–Kier alpha value is -1.80. The zero-order valence-electron chi connectivity index (χ0n) is 8.35. The molecule has 0 saturated carbocycles. The Labute approximate surface area is 97.4 Å². The van der Waals surface area contributed by atoms with E-state index in [2.05, 4.69) is 5.16 Å². The molecule has 16 heavy (non-hydrogen) atoms. The summed E-state index contributed by atoms with van der Waals surface area (Å²) in [5, 5.41) is 5.55. The van der Waals surface area contributed by atoms with Gasteiger partial charge in [0.05, 0.1) is 10.4 Å². The van der Waals surface area contributed by atoms with E-state index in [4.69, 9.17) is 16.1 Å². The highest BCUT2D eigenvalue weighted by atomic mass is 35.5. The van der Waals surface area contributed by atoms with Gasteiger partial charge in [0.15, 0.2) is 5.76 Å².